The lowest BCUT2D eigenvalue weighted by atomic mass is 9.54. The standard InChI is InChI=1S/C32H40N2O9/c1-13-15-11-12-16(31(2,3)4)23(35)18(15)24(36)19-17(13)26(43-30(41)14-9-7-8-10-14)21-22(34(5)6)25(37)20(29(33)40)28(39)32(21,42)27(19)38/h11-14,17,21-22,26,35-36,39,42H,7-10H2,1-6H3,(H2,33,40)/t13-,17+,21+,22-,26-,32-/m0/s1. The number of aromatic hydroxyl groups is 1. The summed E-state index contributed by atoms with van der Waals surface area (Å²) in [6, 6.07) is 2.08. The number of hydrogen-bond acceptors (Lipinski definition) is 10. The first-order valence-corrected chi connectivity index (χ1v) is 14.7. The van der Waals surface area contributed by atoms with E-state index in [1.165, 1.54) is 19.0 Å². The molecule has 0 spiro atoms. The highest BCUT2D eigenvalue weighted by Gasteiger charge is 2.69. The number of phenols is 1. The molecule has 1 amide bonds. The monoisotopic (exact) mass is 596 g/mol. The number of carbonyl (C=O) groups excluding carboxylic acids is 4. The van der Waals surface area contributed by atoms with E-state index in [9.17, 15) is 39.6 Å². The smallest absolute Gasteiger partial charge is 0.309 e. The summed E-state index contributed by atoms with van der Waals surface area (Å²) >= 11 is 0. The van der Waals surface area contributed by atoms with Crippen LogP contribution in [0.1, 0.15) is 76.0 Å². The van der Waals surface area contributed by atoms with Crippen LogP contribution in [0.15, 0.2) is 29.0 Å². The van der Waals surface area contributed by atoms with Gasteiger partial charge in [-0.15, -0.1) is 0 Å². The fourth-order valence-corrected chi connectivity index (χ4v) is 7.73. The molecule has 6 atom stereocenters. The highest BCUT2D eigenvalue weighted by Crippen LogP contribution is 2.57. The van der Waals surface area contributed by atoms with Crippen LogP contribution in [-0.2, 0) is 29.3 Å². The Kier molecular flexibility index (Phi) is 7.29. The molecular weight excluding hydrogens is 556 g/mol. The SMILES string of the molecule is C[C@H]1c2ccc(C(C)(C)C)c(O)c2C(O)=C2C(=O)[C@]3(O)C(O)=C(C(N)=O)C(=O)[C@@H](N(C)C)[C@@H]3[C@@H](OC(=O)C3CCCC3)[C@@H]21. The van der Waals surface area contributed by atoms with Gasteiger partial charge in [0.1, 0.15) is 28.9 Å². The molecule has 43 heavy (non-hydrogen) atoms. The van der Waals surface area contributed by atoms with Gasteiger partial charge in [-0.3, -0.25) is 24.1 Å². The molecule has 0 saturated heterocycles. The van der Waals surface area contributed by atoms with Gasteiger partial charge >= 0.3 is 5.97 Å². The topological polar surface area (TPSA) is 188 Å². The highest BCUT2D eigenvalue weighted by atomic mass is 16.5. The van der Waals surface area contributed by atoms with Crippen molar-refractivity contribution in [2.75, 3.05) is 14.1 Å². The van der Waals surface area contributed by atoms with Gasteiger partial charge in [0, 0.05) is 17.1 Å². The molecule has 232 valence electrons. The number of nitrogens with zero attached hydrogens (tertiary/aromatic N) is 1. The number of phenolic OH excluding ortho intramolecular Hbond substituents is 1. The first-order valence-electron chi connectivity index (χ1n) is 14.7. The second-order valence-electron chi connectivity index (χ2n) is 13.6. The molecule has 0 aromatic heterocycles. The minimum absolute atomic E-state index is 0.00270. The third-order valence-corrected chi connectivity index (χ3v) is 9.85. The van der Waals surface area contributed by atoms with Crippen molar-refractivity contribution in [2.24, 2.45) is 23.5 Å². The number of primary amides is 1. The molecule has 0 unspecified atom stereocenters. The maximum Gasteiger partial charge on any atom is 0.309 e. The van der Waals surface area contributed by atoms with Gasteiger partial charge in [0.15, 0.2) is 11.4 Å². The predicted molar refractivity (Wildman–Crippen MR) is 155 cm³/mol. The number of hydrogen-bond donors (Lipinski definition) is 5. The minimum Gasteiger partial charge on any atom is -0.508 e. The molecule has 11 nitrogen and oxygen atoms in total. The van der Waals surface area contributed by atoms with Gasteiger partial charge in [-0.05, 0) is 43.8 Å². The summed E-state index contributed by atoms with van der Waals surface area (Å²) in [5.41, 5.74) is 1.64. The van der Waals surface area contributed by atoms with Gasteiger partial charge in [0.25, 0.3) is 5.91 Å². The van der Waals surface area contributed by atoms with Crippen LogP contribution in [0.2, 0.25) is 0 Å². The number of aliphatic hydroxyl groups excluding tert-OH is 2. The molecule has 0 radical (unpaired) electrons. The maximum atomic E-state index is 14.4. The second-order valence-corrected chi connectivity index (χ2v) is 13.6. The van der Waals surface area contributed by atoms with Crippen molar-refractivity contribution < 1.29 is 44.3 Å². The molecule has 0 heterocycles. The van der Waals surface area contributed by atoms with E-state index in [4.69, 9.17) is 10.5 Å². The van der Waals surface area contributed by atoms with Gasteiger partial charge in [0.05, 0.1) is 23.4 Å². The largest absolute Gasteiger partial charge is 0.508 e. The normalized spacial score (nSPS) is 31.2. The van der Waals surface area contributed by atoms with Crippen molar-refractivity contribution in [3.8, 4) is 5.75 Å². The van der Waals surface area contributed by atoms with Gasteiger partial charge < -0.3 is 30.9 Å². The maximum absolute atomic E-state index is 14.4. The molecule has 1 aromatic rings. The Morgan fingerprint density at radius 2 is 1.67 bits per heavy atom. The van der Waals surface area contributed by atoms with E-state index in [0.717, 1.165) is 12.8 Å². The zero-order valence-electron chi connectivity index (χ0n) is 25.3. The first kappa shape index (κ1) is 30.7. The lowest BCUT2D eigenvalue weighted by Gasteiger charge is -2.54. The van der Waals surface area contributed by atoms with E-state index in [-0.39, 0.29) is 16.9 Å². The number of benzene rings is 1. The summed E-state index contributed by atoms with van der Waals surface area (Å²) in [5.74, 6) is -9.83. The Morgan fingerprint density at radius 1 is 1.07 bits per heavy atom. The first-order chi connectivity index (χ1) is 20.0. The number of esters is 1. The fraction of sp³-hybridized carbons (Fsp3) is 0.562. The zero-order chi connectivity index (χ0) is 31.9. The van der Waals surface area contributed by atoms with Crippen molar-refractivity contribution in [1.82, 2.24) is 4.90 Å². The van der Waals surface area contributed by atoms with Crippen LogP contribution in [0, 0.1) is 17.8 Å². The van der Waals surface area contributed by atoms with Crippen LogP contribution in [-0.4, -0.2) is 80.6 Å². The van der Waals surface area contributed by atoms with Crippen molar-refractivity contribution >= 4 is 29.2 Å². The molecular formula is C32H40N2O9. The summed E-state index contributed by atoms with van der Waals surface area (Å²) in [6.07, 6.45) is 1.44. The number of aliphatic hydroxyl groups is 3. The van der Waals surface area contributed by atoms with E-state index >= 15 is 0 Å². The number of Topliss-reactive ketones (excluding diaryl/α,β-unsaturated/α-hetero) is 2. The molecule has 0 bridgehead atoms. The fourth-order valence-electron chi connectivity index (χ4n) is 7.73. The van der Waals surface area contributed by atoms with Gasteiger partial charge in [-0.1, -0.05) is 52.7 Å². The predicted octanol–water partition coefficient (Wildman–Crippen LogP) is 2.53. The summed E-state index contributed by atoms with van der Waals surface area (Å²) in [5, 5.41) is 46.7. The van der Waals surface area contributed by atoms with E-state index in [1.54, 1.807) is 19.1 Å². The Balaban J connectivity index is 1.83. The Bertz CT molecular complexity index is 1490. The molecule has 11 heteroatoms. The summed E-state index contributed by atoms with van der Waals surface area (Å²) in [6.45, 7) is 7.37. The van der Waals surface area contributed by atoms with Crippen LogP contribution in [0.5, 0.6) is 5.75 Å². The molecule has 6 N–H and O–H groups in total. The van der Waals surface area contributed by atoms with E-state index in [2.05, 4.69) is 0 Å². The number of amides is 1. The molecule has 1 aromatic carbocycles. The Labute approximate surface area is 250 Å². The highest BCUT2D eigenvalue weighted by molar-refractivity contribution is 6.24. The van der Waals surface area contributed by atoms with Gasteiger partial charge in [-0.25, -0.2) is 0 Å². The third kappa shape index (κ3) is 4.30. The van der Waals surface area contributed by atoms with Crippen LogP contribution in [0.4, 0.5) is 0 Å². The zero-order valence-corrected chi connectivity index (χ0v) is 25.3. The van der Waals surface area contributed by atoms with Crippen molar-refractivity contribution in [2.45, 2.75) is 82.5 Å². The van der Waals surface area contributed by atoms with Gasteiger partial charge in [0.2, 0.25) is 5.78 Å². The lowest BCUT2D eigenvalue weighted by molar-refractivity contribution is -0.187. The number of fused-ring (bicyclic) bond motifs is 3. The third-order valence-electron chi connectivity index (χ3n) is 9.85. The Morgan fingerprint density at radius 3 is 2.21 bits per heavy atom. The quantitative estimate of drug-likeness (QED) is 0.255. The van der Waals surface area contributed by atoms with Crippen LogP contribution in [0.3, 0.4) is 0 Å². The number of likely N-dealkylation sites (N-methyl/N-ethyl adjacent to an activating group) is 1. The second kappa shape index (κ2) is 10.2. The number of rotatable bonds is 4. The summed E-state index contributed by atoms with van der Waals surface area (Å²) in [7, 11) is 3.00. The number of ether oxygens (including phenoxy) is 1. The average molecular weight is 597 g/mol. The molecule has 4 aliphatic carbocycles. The number of carbonyl (C=O) groups is 4. The van der Waals surface area contributed by atoms with E-state index in [1.807, 2.05) is 20.8 Å². The molecule has 2 saturated carbocycles. The average Bonchev–Trinajstić information content (AvgIpc) is 3.44. The van der Waals surface area contributed by atoms with Crippen molar-refractivity contribution in [3.05, 3.63) is 45.7 Å². The summed E-state index contributed by atoms with van der Waals surface area (Å²) in [4.78, 5) is 55.5. The lowest BCUT2D eigenvalue weighted by Crippen LogP contribution is -2.71. The van der Waals surface area contributed by atoms with Gasteiger partial charge in [-0.2, -0.15) is 0 Å². The van der Waals surface area contributed by atoms with Crippen LogP contribution < -0.4 is 5.73 Å². The number of ketones is 2. The van der Waals surface area contributed by atoms with Crippen LogP contribution in [0.25, 0.3) is 5.76 Å². The van der Waals surface area contributed by atoms with Crippen molar-refractivity contribution in [1.29, 1.82) is 0 Å². The van der Waals surface area contributed by atoms with E-state index < -0.39 is 87.4 Å². The molecule has 4 aliphatic rings. The summed E-state index contributed by atoms with van der Waals surface area (Å²) < 4.78 is 6.15. The molecule has 0 aliphatic heterocycles. The molecule has 2 fully saturated rings. The van der Waals surface area contributed by atoms with E-state index in [0.29, 0.717) is 24.0 Å². The number of nitrogens with two attached hydrogens (primary N) is 1. The Hall–Kier alpha value is -3.70. The molecule has 5 rings (SSSR count). The van der Waals surface area contributed by atoms with Crippen molar-refractivity contribution in [3.63, 3.8) is 0 Å². The minimum atomic E-state index is -2.96. The van der Waals surface area contributed by atoms with Crippen LogP contribution >= 0.6 is 0 Å².